The van der Waals surface area contributed by atoms with E-state index in [-0.39, 0.29) is 5.54 Å². The molecular weight excluding hydrogens is 194 g/mol. The average Bonchev–Trinajstić information content (AvgIpc) is 2.08. The van der Waals surface area contributed by atoms with E-state index in [2.05, 4.69) is 25.8 Å². The Morgan fingerprint density at radius 1 is 1.64 bits per heavy atom. The molecule has 0 unspecified atom stereocenters. The van der Waals surface area contributed by atoms with Crippen molar-refractivity contribution in [2.75, 3.05) is 5.75 Å². The molecule has 0 spiro atoms. The van der Waals surface area contributed by atoms with Crippen LogP contribution in [-0.2, 0) is 0 Å². The first-order valence-electron chi connectivity index (χ1n) is 3.51. The number of hydrogen-bond acceptors (Lipinski definition) is 4. The maximum Gasteiger partial charge on any atom is 0.130 e. The van der Waals surface area contributed by atoms with E-state index in [1.807, 2.05) is 0 Å². The molecule has 62 valence electrons. The van der Waals surface area contributed by atoms with Gasteiger partial charge in [0.15, 0.2) is 0 Å². The molecule has 0 saturated heterocycles. The molecule has 0 N–H and O–H groups in total. The normalized spacial score (nSPS) is 22.1. The minimum atomic E-state index is -0.114. The Morgan fingerprint density at radius 2 is 2.27 bits per heavy atom. The van der Waals surface area contributed by atoms with Gasteiger partial charge in [0.1, 0.15) is 4.38 Å². The fourth-order valence-electron chi connectivity index (χ4n) is 0.686. The van der Waals surface area contributed by atoms with Gasteiger partial charge >= 0.3 is 0 Å². The third-order valence-corrected chi connectivity index (χ3v) is 4.25. The smallest absolute Gasteiger partial charge is 0.130 e. The second kappa shape index (κ2) is 3.46. The third kappa shape index (κ3) is 2.20. The van der Waals surface area contributed by atoms with Crippen molar-refractivity contribution >= 4 is 44.3 Å². The predicted molar refractivity (Wildman–Crippen MR) is 59.8 cm³/mol. The molecule has 0 radical (unpaired) electrons. The van der Waals surface area contributed by atoms with E-state index in [4.69, 9.17) is 12.2 Å². The second-order valence-corrected chi connectivity index (χ2v) is 5.94. The summed E-state index contributed by atoms with van der Waals surface area (Å²) in [4.78, 5) is 4.49. The van der Waals surface area contributed by atoms with E-state index < -0.39 is 0 Å². The van der Waals surface area contributed by atoms with Gasteiger partial charge in [-0.2, -0.15) is 0 Å². The molecule has 0 bridgehead atoms. The summed E-state index contributed by atoms with van der Waals surface area (Å²) in [6.07, 6.45) is 0. The minimum absolute atomic E-state index is 0.114. The molecule has 1 aliphatic heterocycles. The molecule has 4 heteroatoms. The Kier molecular flexibility index (Phi) is 3.00. The summed E-state index contributed by atoms with van der Waals surface area (Å²) in [7, 11) is 0. The maximum absolute atomic E-state index is 5.18. The van der Waals surface area contributed by atoms with Crippen molar-refractivity contribution in [3.8, 4) is 0 Å². The van der Waals surface area contributed by atoms with E-state index >= 15 is 0 Å². The lowest BCUT2D eigenvalue weighted by Crippen LogP contribution is -2.20. The van der Waals surface area contributed by atoms with Gasteiger partial charge in [0.05, 0.1) is 9.74 Å². The molecule has 0 aromatic heterocycles. The van der Waals surface area contributed by atoms with Crippen LogP contribution in [0.4, 0.5) is 0 Å². The van der Waals surface area contributed by atoms with Crippen LogP contribution in [0.3, 0.4) is 0 Å². The molecule has 1 aliphatic rings. The van der Waals surface area contributed by atoms with Crippen LogP contribution in [0.25, 0.3) is 0 Å². The van der Waals surface area contributed by atoms with Crippen LogP contribution in [0, 0.1) is 0 Å². The molecule has 0 aromatic rings. The van der Waals surface area contributed by atoms with Gasteiger partial charge < -0.3 is 0 Å². The van der Waals surface area contributed by atoms with Gasteiger partial charge in [-0.25, -0.2) is 0 Å². The van der Waals surface area contributed by atoms with E-state index in [9.17, 15) is 0 Å². The zero-order valence-corrected chi connectivity index (χ0v) is 9.33. The van der Waals surface area contributed by atoms with Crippen LogP contribution in [0.5, 0.6) is 0 Å². The second-order valence-electron chi connectivity index (χ2n) is 2.76. The van der Waals surface area contributed by atoms with Crippen LogP contribution in [0.1, 0.15) is 20.8 Å². The highest BCUT2D eigenvalue weighted by molar-refractivity contribution is 8.48. The van der Waals surface area contributed by atoms with E-state index in [1.54, 1.807) is 23.5 Å². The lowest BCUT2D eigenvalue weighted by atomic mass is 10.1. The van der Waals surface area contributed by atoms with Gasteiger partial charge in [0.25, 0.3) is 0 Å². The minimum Gasteiger partial charge on any atom is -0.259 e. The predicted octanol–water partition coefficient (Wildman–Crippen LogP) is 2.95. The third-order valence-electron chi connectivity index (χ3n) is 1.32. The molecule has 0 saturated carbocycles. The molecule has 0 aromatic carbocycles. The fraction of sp³-hybridized carbons (Fsp3) is 0.714. The van der Waals surface area contributed by atoms with E-state index in [0.717, 1.165) is 14.3 Å². The van der Waals surface area contributed by atoms with Crippen molar-refractivity contribution in [3.63, 3.8) is 0 Å². The molecular formula is C7H11NS3. The largest absolute Gasteiger partial charge is 0.259 e. The first-order valence-corrected chi connectivity index (χ1v) is 5.72. The topological polar surface area (TPSA) is 12.4 Å². The number of rotatable bonds is 1. The molecule has 1 heterocycles. The molecule has 0 atom stereocenters. The van der Waals surface area contributed by atoms with Gasteiger partial charge in [0, 0.05) is 0 Å². The molecule has 0 amide bonds. The van der Waals surface area contributed by atoms with Crippen molar-refractivity contribution < 1.29 is 0 Å². The Morgan fingerprint density at radius 3 is 2.64 bits per heavy atom. The zero-order valence-electron chi connectivity index (χ0n) is 6.88. The molecule has 1 rings (SSSR count). The van der Waals surface area contributed by atoms with Crippen LogP contribution >= 0.6 is 35.7 Å². The molecule has 1 nitrogen and oxygen atoms in total. The molecule has 11 heavy (non-hydrogen) atoms. The van der Waals surface area contributed by atoms with Gasteiger partial charge in [-0.3, -0.25) is 4.99 Å². The van der Waals surface area contributed by atoms with Crippen LogP contribution in [-0.4, -0.2) is 19.9 Å². The fourth-order valence-corrected chi connectivity index (χ4v) is 3.23. The van der Waals surface area contributed by atoms with Gasteiger partial charge in [0.2, 0.25) is 0 Å². The number of aliphatic imine (C=N–C) groups is 1. The first kappa shape index (κ1) is 9.55. The quantitative estimate of drug-likeness (QED) is 0.611. The number of thioether (sulfide) groups is 2. The standard InChI is InChI=1S/C7H11NS3/c1-4-10-6-8-7(2,3)5(9)11-6/h4H2,1-3H3. The zero-order chi connectivity index (χ0) is 8.48. The summed E-state index contributed by atoms with van der Waals surface area (Å²) in [6.45, 7) is 6.25. The summed E-state index contributed by atoms with van der Waals surface area (Å²) in [5.74, 6) is 1.07. The van der Waals surface area contributed by atoms with Crippen LogP contribution < -0.4 is 0 Å². The van der Waals surface area contributed by atoms with Crippen molar-refractivity contribution in [3.05, 3.63) is 0 Å². The molecule has 0 fully saturated rings. The lowest BCUT2D eigenvalue weighted by Gasteiger charge is -2.10. The summed E-state index contributed by atoms with van der Waals surface area (Å²) in [5.41, 5.74) is -0.114. The summed E-state index contributed by atoms with van der Waals surface area (Å²) >= 11 is 8.59. The van der Waals surface area contributed by atoms with Crippen molar-refractivity contribution in [2.45, 2.75) is 26.3 Å². The van der Waals surface area contributed by atoms with Crippen molar-refractivity contribution in [1.29, 1.82) is 0 Å². The highest BCUT2D eigenvalue weighted by atomic mass is 32.2. The van der Waals surface area contributed by atoms with Gasteiger partial charge in [-0.15, -0.1) is 0 Å². The Balaban J connectivity index is 2.68. The monoisotopic (exact) mass is 205 g/mol. The van der Waals surface area contributed by atoms with E-state index in [1.165, 1.54) is 0 Å². The number of thiocarbonyl (C=S) groups is 1. The van der Waals surface area contributed by atoms with Gasteiger partial charge in [-0.05, 0) is 19.6 Å². The maximum atomic E-state index is 5.18. The number of nitrogens with zero attached hydrogens (tertiary/aromatic N) is 1. The number of hydrogen-bond donors (Lipinski definition) is 0. The Labute approximate surface area is 81.4 Å². The van der Waals surface area contributed by atoms with Crippen molar-refractivity contribution in [2.24, 2.45) is 4.99 Å². The van der Waals surface area contributed by atoms with Crippen LogP contribution in [0.15, 0.2) is 4.99 Å². The Hall–Kier alpha value is 0.460. The Bertz CT molecular complexity index is 208. The van der Waals surface area contributed by atoms with Crippen molar-refractivity contribution in [1.82, 2.24) is 0 Å². The van der Waals surface area contributed by atoms with Crippen LogP contribution in [0.2, 0.25) is 0 Å². The molecule has 0 aliphatic carbocycles. The highest BCUT2D eigenvalue weighted by Gasteiger charge is 2.31. The summed E-state index contributed by atoms with van der Waals surface area (Å²) in [6, 6.07) is 0. The SMILES string of the molecule is CCSC1=NC(C)(C)C(=S)S1. The summed E-state index contributed by atoms with van der Waals surface area (Å²) < 4.78 is 2.12. The summed E-state index contributed by atoms with van der Waals surface area (Å²) in [5, 5.41) is 0. The average molecular weight is 205 g/mol. The lowest BCUT2D eigenvalue weighted by molar-refractivity contribution is 0.730. The highest BCUT2D eigenvalue weighted by Crippen LogP contribution is 2.34. The van der Waals surface area contributed by atoms with E-state index in [0.29, 0.717) is 0 Å². The first-order chi connectivity index (χ1) is 5.06. The van der Waals surface area contributed by atoms with Gasteiger partial charge in [-0.1, -0.05) is 42.7 Å².